The van der Waals surface area contributed by atoms with Crippen molar-refractivity contribution in [3.05, 3.63) is 119 Å². The SMILES string of the molecule is CN(Cc1c2ccccc2c(CN(C)C(=O)OC(C)(C)C)c2ccccc12)C(=O)CCCCCCCCCCCCC(=O)N(C)Cc1c2ccccc2c(CN(C)C(=O)OC(C)(C)C)c2ccccc12. The van der Waals surface area contributed by atoms with Gasteiger partial charge >= 0.3 is 12.2 Å². The highest BCUT2D eigenvalue weighted by molar-refractivity contribution is 6.07. The van der Waals surface area contributed by atoms with Gasteiger partial charge in [-0.3, -0.25) is 9.59 Å². The van der Waals surface area contributed by atoms with E-state index in [4.69, 9.17) is 9.47 Å². The fraction of sp³-hybridized carbons (Fsp3) is 0.467. The number of amides is 4. The molecule has 6 aromatic rings. The van der Waals surface area contributed by atoms with Crippen LogP contribution >= 0.6 is 0 Å². The van der Waals surface area contributed by atoms with Crippen LogP contribution in [0.25, 0.3) is 43.1 Å². The van der Waals surface area contributed by atoms with Gasteiger partial charge in [0.15, 0.2) is 0 Å². The number of fused-ring (bicyclic) bond motifs is 4. The van der Waals surface area contributed by atoms with Gasteiger partial charge in [0.2, 0.25) is 11.8 Å². The third-order valence-corrected chi connectivity index (χ3v) is 13.2. The number of nitrogens with zero attached hydrogens (tertiary/aromatic N) is 4. The summed E-state index contributed by atoms with van der Waals surface area (Å²) >= 11 is 0. The Labute approximate surface area is 417 Å². The minimum atomic E-state index is -0.581. The maximum Gasteiger partial charge on any atom is 0.410 e. The molecule has 374 valence electrons. The molecule has 0 aromatic heterocycles. The molecule has 0 fully saturated rings. The summed E-state index contributed by atoms with van der Waals surface area (Å²) in [6, 6.07) is 33.2. The van der Waals surface area contributed by atoms with Gasteiger partial charge in [-0.2, -0.15) is 0 Å². The summed E-state index contributed by atoms with van der Waals surface area (Å²) < 4.78 is 11.3. The fourth-order valence-corrected chi connectivity index (χ4v) is 9.58. The zero-order valence-electron chi connectivity index (χ0n) is 43.8. The van der Waals surface area contributed by atoms with Crippen LogP contribution in [0.1, 0.15) is 141 Å². The lowest BCUT2D eigenvalue weighted by Crippen LogP contribution is -2.34. The van der Waals surface area contributed by atoms with Gasteiger partial charge in [-0.1, -0.05) is 148 Å². The van der Waals surface area contributed by atoms with Crippen molar-refractivity contribution in [1.82, 2.24) is 19.6 Å². The topological polar surface area (TPSA) is 99.7 Å². The van der Waals surface area contributed by atoms with E-state index in [1.54, 1.807) is 23.9 Å². The summed E-state index contributed by atoms with van der Waals surface area (Å²) in [4.78, 5) is 59.8. The van der Waals surface area contributed by atoms with Crippen LogP contribution in [0.4, 0.5) is 9.59 Å². The fourth-order valence-electron chi connectivity index (χ4n) is 9.58. The summed E-state index contributed by atoms with van der Waals surface area (Å²) in [6.07, 6.45) is 11.2. The van der Waals surface area contributed by atoms with Crippen molar-refractivity contribution in [1.29, 1.82) is 0 Å². The number of rotatable bonds is 21. The van der Waals surface area contributed by atoms with Crippen molar-refractivity contribution < 1.29 is 28.7 Å². The van der Waals surface area contributed by atoms with Gasteiger partial charge in [-0.15, -0.1) is 0 Å². The van der Waals surface area contributed by atoms with E-state index in [1.165, 1.54) is 25.7 Å². The molecule has 0 aliphatic rings. The quantitative estimate of drug-likeness (QED) is 0.0526. The molecule has 0 bridgehead atoms. The van der Waals surface area contributed by atoms with Crippen LogP contribution in [0.15, 0.2) is 97.1 Å². The molecule has 0 N–H and O–H groups in total. The van der Waals surface area contributed by atoms with E-state index in [9.17, 15) is 19.2 Å². The Bertz CT molecular complexity index is 2470. The van der Waals surface area contributed by atoms with Crippen molar-refractivity contribution in [2.24, 2.45) is 0 Å². The van der Waals surface area contributed by atoms with E-state index >= 15 is 0 Å². The molecule has 6 aromatic carbocycles. The van der Waals surface area contributed by atoms with Crippen molar-refractivity contribution in [2.45, 2.75) is 156 Å². The molecule has 0 spiro atoms. The number of hydrogen-bond donors (Lipinski definition) is 0. The second-order valence-electron chi connectivity index (χ2n) is 21.3. The van der Waals surface area contributed by atoms with Crippen LogP contribution < -0.4 is 0 Å². The molecule has 0 aliphatic heterocycles. The second kappa shape index (κ2) is 24.1. The lowest BCUT2D eigenvalue weighted by atomic mass is 9.91. The third-order valence-electron chi connectivity index (χ3n) is 13.2. The van der Waals surface area contributed by atoms with Crippen molar-refractivity contribution in [2.75, 3.05) is 28.2 Å². The number of ether oxygens (including phenoxy) is 2. The molecule has 6 rings (SSSR count). The van der Waals surface area contributed by atoms with E-state index in [2.05, 4.69) is 48.5 Å². The van der Waals surface area contributed by atoms with E-state index in [0.717, 1.165) is 104 Å². The predicted octanol–water partition coefficient (Wildman–Crippen LogP) is 14.3. The molecule has 0 saturated carbocycles. The summed E-state index contributed by atoms with van der Waals surface area (Å²) in [5.41, 5.74) is 3.21. The summed E-state index contributed by atoms with van der Waals surface area (Å²) in [7, 11) is 7.37. The molecular formula is C60H78N4O6. The molecule has 0 unspecified atom stereocenters. The monoisotopic (exact) mass is 951 g/mol. The highest BCUT2D eigenvalue weighted by Gasteiger charge is 2.25. The number of unbranched alkanes of at least 4 members (excludes halogenated alkanes) is 9. The minimum Gasteiger partial charge on any atom is -0.444 e. The van der Waals surface area contributed by atoms with Crippen LogP contribution in [-0.2, 0) is 45.2 Å². The number of hydrogen-bond acceptors (Lipinski definition) is 6. The van der Waals surface area contributed by atoms with Gasteiger partial charge < -0.3 is 29.1 Å². The van der Waals surface area contributed by atoms with Gasteiger partial charge in [0.1, 0.15) is 11.2 Å². The maximum absolute atomic E-state index is 13.5. The highest BCUT2D eigenvalue weighted by atomic mass is 16.6. The van der Waals surface area contributed by atoms with E-state index in [0.29, 0.717) is 39.0 Å². The summed E-state index contributed by atoms with van der Waals surface area (Å²) in [6.45, 7) is 13.1. The predicted molar refractivity (Wildman–Crippen MR) is 287 cm³/mol. The average molecular weight is 951 g/mol. The van der Waals surface area contributed by atoms with Gasteiger partial charge in [0, 0.05) is 67.2 Å². The van der Waals surface area contributed by atoms with Gasteiger partial charge in [0.25, 0.3) is 0 Å². The first kappa shape index (κ1) is 53.2. The van der Waals surface area contributed by atoms with E-state index in [1.807, 2.05) is 114 Å². The summed E-state index contributed by atoms with van der Waals surface area (Å²) in [5.74, 6) is 0.313. The van der Waals surface area contributed by atoms with Crippen molar-refractivity contribution in [3.8, 4) is 0 Å². The van der Waals surface area contributed by atoms with Crippen molar-refractivity contribution in [3.63, 3.8) is 0 Å². The molecule has 0 aliphatic carbocycles. The smallest absolute Gasteiger partial charge is 0.410 e. The number of carbonyl (C=O) groups is 4. The third kappa shape index (κ3) is 14.2. The minimum absolute atomic E-state index is 0.157. The van der Waals surface area contributed by atoms with Crippen LogP contribution in [0.5, 0.6) is 0 Å². The lowest BCUT2D eigenvalue weighted by molar-refractivity contribution is -0.131. The Morgan fingerprint density at radius 1 is 0.343 bits per heavy atom. The largest absolute Gasteiger partial charge is 0.444 e. The summed E-state index contributed by atoms with van der Waals surface area (Å²) in [5, 5.41) is 8.68. The number of carbonyl (C=O) groups excluding carboxylic acids is 4. The molecule has 0 atom stereocenters. The Morgan fingerprint density at radius 3 is 0.757 bits per heavy atom. The molecule has 70 heavy (non-hydrogen) atoms. The van der Waals surface area contributed by atoms with Crippen LogP contribution in [-0.4, -0.2) is 83.0 Å². The number of benzene rings is 6. The average Bonchev–Trinajstić information content (AvgIpc) is 3.32. The first-order valence-electron chi connectivity index (χ1n) is 25.5. The standard InChI is InChI=1S/C60H78N4O6/c1-59(2,3)69-57(67)63(9)41-53-47-33-25-21-29-43(47)51(44-30-22-26-34-48(44)53)39-61(7)55(65)37-19-17-15-13-11-12-14-16-18-20-38-56(66)62(8)40-52-45-31-23-27-35-49(45)54(50-36-28-24-32-46(50)52)42-64(10)58(68)70-60(4,5)6/h21-36H,11-20,37-42H2,1-10H3. The maximum atomic E-state index is 13.5. The van der Waals surface area contributed by atoms with Crippen LogP contribution in [0.3, 0.4) is 0 Å². The Morgan fingerprint density at radius 2 is 0.543 bits per heavy atom. The molecule has 0 heterocycles. The highest BCUT2D eigenvalue weighted by Crippen LogP contribution is 2.36. The molecule has 4 amide bonds. The Balaban J connectivity index is 0.900. The van der Waals surface area contributed by atoms with Gasteiger partial charge in [-0.05, 0) is 120 Å². The molecule has 10 nitrogen and oxygen atoms in total. The zero-order valence-corrected chi connectivity index (χ0v) is 43.8. The van der Waals surface area contributed by atoms with E-state index < -0.39 is 11.2 Å². The molecular weight excluding hydrogens is 873 g/mol. The Kier molecular flexibility index (Phi) is 18.3. The first-order chi connectivity index (χ1) is 33.3. The van der Waals surface area contributed by atoms with Crippen molar-refractivity contribution >= 4 is 67.1 Å². The normalized spacial score (nSPS) is 11.9. The van der Waals surface area contributed by atoms with Gasteiger partial charge in [-0.25, -0.2) is 9.59 Å². The second-order valence-corrected chi connectivity index (χ2v) is 21.3. The molecule has 10 heteroatoms. The zero-order chi connectivity index (χ0) is 50.6. The first-order valence-corrected chi connectivity index (χ1v) is 25.5. The Hall–Kier alpha value is -6.16. The molecule has 0 saturated heterocycles. The molecule has 0 radical (unpaired) electrons. The van der Waals surface area contributed by atoms with Crippen LogP contribution in [0, 0.1) is 0 Å². The van der Waals surface area contributed by atoms with Gasteiger partial charge in [0.05, 0.1) is 0 Å². The van der Waals surface area contributed by atoms with E-state index in [-0.39, 0.29) is 24.0 Å². The lowest BCUT2D eigenvalue weighted by Gasteiger charge is -2.26. The van der Waals surface area contributed by atoms with Crippen LogP contribution in [0.2, 0.25) is 0 Å².